The monoisotopic (exact) mass is 1150 g/mol. The summed E-state index contributed by atoms with van der Waals surface area (Å²) < 4.78 is 81.2. The molecule has 0 amide bonds. The van der Waals surface area contributed by atoms with Crippen LogP contribution < -0.4 is 4.74 Å². The maximum Gasteiger partial charge on any atom is 0.417 e. The molecule has 0 unspecified atom stereocenters. The van der Waals surface area contributed by atoms with Gasteiger partial charge in [-0.1, -0.05) is 67.1 Å². The normalized spacial score (nSPS) is 17.6. The Balaban J connectivity index is 1.39. The van der Waals surface area contributed by atoms with Crippen LogP contribution in [0.4, 0.5) is 13.2 Å². The van der Waals surface area contributed by atoms with E-state index in [0.717, 1.165) is 24.5 Å². The van der Waals surface area contributed by atoms with Crippen molar-refractivity contribution in [3.8, 4) is 22.9 Å². The number of ether oxygens (including phenoxy) is 6. The van der Waals surface area contributed by atoms with E-state index in [2.05, 4.69) is 11.0 Å². The summed E-state index contributed by atoms with van der Waals surface area (Å²) in [5.74, 6) is -1.39. The molecule has 452 valence electrons. The van der Waals surface area contributed by atoms with E-state index in [1.807, 2.05) is 112 Å². The van der Waals surface area contributed by atoms with Gasteiger partial charge in [0, 0.05) is 76.6 Å². The van der Waals surface area contributed by atoms with E-state index in [1.165, 1.54) is 18.2 Å². The lowest BCUT2D eigenvalue weighted by atomic mass is 9.94. The summed E-state index contributed by atoms with van der Waals surface area (Å²) in [4.78, 5) is 63.2. The number of rotatable bonds is 19. The van der Waals surface area contributed by atoms with Crippen molar-refractivity contribution in [2.45, 2.75) is 144 Å². The highest BCUT2D eigenvalue weighted by Gasteiger charge is 2.37. The van der Waals surface area contributed by atoms with Gasteiger partial charge in [-0.3, -0.25) is 43.7 Å². The molecule has 3 aromatic carbocycles. The molecule has 16 nitrogen and oxygen atoms in total. The number of carbonyl (C=O) groups excluding carboxylic acids is 4. The number of piperidine rings is 1. The van der Waals surface area contributed by atoms with Crippen molar-refractivity contribution in [2.75, 3.05) is 105 Å². The molecule has 1 atom stereocenters. The average molecular weight is 1150 g/mol. The van der Waals surface area contributed by atoms with E-state index >= 15 is 13.2 Å². The highest BCUT2D eigenvalue weighted by Crippen LogP contribution is 2.39. The molecule has 0 bridgehead atoms. The molecule has 2 saturated heterocycles. The second kappa shape index (κ2) is 30.1. The standard InChI is InChI=1S/C63H89F3N6O10/c1-59(2,3)79-55(73)43-69-29-27-68(28-30-70(44-56(74)80-60(4,5)6)32-34-71(33-31-69)45-57(75)81-61(7,8)9)35-36-77-37-38-78-54-40-48(25-24-47-21-18-22-50(51(47)41-67)46-19-14-13-15-20-46)52(63(64,65)66)39-49(54)42-72-26-17-16-23-53(72)58(76)82-62(10,11)12/h13-15,18-22,24-25,39-40,53H,16-17,23,26-38,42-45H2,1-12H3/b25-24+/t53-/m0/s1. The largest absolute Gasteiger partial charge is 0.491 e. The van der Waals surface area contributed by atoms with Crippen LogP contribution in [0.5, 0.6) is 5.75 Å². The number of alkyl halides is 3. The summed E-state index contributed by atoms with van der Waals surface area (Å²) in [6, 6.07) is 18.6. The minimum atomic E-state index is -4.78. The molecule has 0 radical (unpaired) electrons. The fourth-order valence-electron chi connectivity index (χ4n) is 9.64. The average Bonchev–Trinajstić information content (AvgIpc) is 3.37. The van der Waals surface area contributed by atoms with E-state index in [9.17, 15) is 24.4 Å². The molecular weight excluding hydrogens is 1060 g/mol. The van der Waals surface area contributed by atoms with Gasteiger partial charge in [0.2, 0.25) is 0 Å². The highest BCUT2D eigenvalue weighted by molar-refractivity contribution is 5.81. The van der Waals surface area contributed by atoms with Gasteiger partial charge in [0.15, 0.2) is 0 Å². The molecule has 19 heteroatoms. The second-order valence-electron chi connectivity index (χ2n) is 25.0. The molecule has 2 heterocycles. The fourth-order valence-corrected chi connectivity index (χ4v) is 9.64. The van der Waals surface area contributed by atoms with E-state index in [0.29, 0.717) is 88.6 Å². The first-order valence-electron chi connectivity index (χ1n) is 28.6. The molecule has 2 aliphatic heterocycles. The minimum absolute atomic E-state index is 0.0164. The van der Waals surface area contributed by atoms with Crippen molar-refractivity contribution in [3.63, 3.8) is 0 Å². The smallest absolute Gasteiger partial charge is 0.417 e. The van der Waals surface area contributed by atoms with Crippen LogP contribution in [0.25, 0.3) is 23.3 Å². The van der Waals surface area contributed by atoms with Gasteiger partial charge in [0.1, 0.15) is 46.9 Å². The number of nitrogens with zero attached hydrogens (tertiary/aromatic N) is 6. The lowest BCUT2D eigenvalue weighted by Gasteiger charge is -2.36. The minimum Gasteiger partial charge on any atom is -0.491 e. The van der Waals surface area contributed by atoms with Crippen molar-refractivity contribution in [2.24, 2.45) is 0 Å². The third-order valence-electron chi connectivity index (χ3n) is 13.2. The van der Waals surface area contributed by atoms with Gasteiger partial charge in [0.25, 0.3) is 0 Å². The quantitative estimate of drug-likeness (QED) is 0.0482. The summed E-state index contributed by atoms with van der Waals surface area (Å²) in [5.41, 5.74) is -1.46. The summed E-state index contributed by atoms with van der Waals surface area (Å²) >= 11 is 0. The third kappa shape index (κ3) is 23.8. The Morgan fingerprint density at radius 3 is 1.57 bits per heavy atom. The number of hydrogen-bond donors (Lipinski definition) is 0. The molecule has 0 N–H and O–H groups in total. The van der Waals surface area contributed by atoms with E-state index in [1.54, 1.807) is 39.0 Å². The van der Waals surface area contributed by atoms with Crippen molar-refractivity contribution in [1.29, 1.82) is 5.26 Å². The molecule has 0 saturated carbocycles. The van der Waals surface area contributed by atoms with Crippen molar-refractivity contribution >= 4 is 36.0 Å². The van der Waals surface area contributed by atoms with Crippen LogP contribution in [0.15, 0.2) is 60.7 Å². The first kappa shape index (κ1) is 66.9. The zero-order valence-electron chi connectivity index (χ0n) is 50.5. The van der Waals surface area contributed by atoms with Crippen molar-refractivity contribution in [1.82, 2.24) is 24.5 Å². The highest BCUT2D eigenvalue weighted by atomic mass is 19.4. The topological polar surface area (TPSA) is 164 Å². The fraction of sp³-hybridized carbons (Fsp3) is 0.603. The van der Waals surface area contributed by atoms with Crippen LogP contribution in [0.1, 0.15) is 130 Å². The van der Waals surface area contributed by atoms with Gasteiger partial charge >= 0.3 is 30.1 Å². The number of hydrogen-bond acceptors (Lipinski definition) is 16. The van der Waals surface area contributed by atoms with Crippen molar-refractivity contribution < 1.29 is 60.8 Å². The van der Waals surface area contributed by atoms with Crippen LogP contribution in [0, 0.1) is 11.3 Å². The molecule has 0 spiro atoms. The molecule has 3 aromatic rings. The lowest BCUT2D eigenvalue weighted by Crippen LogP contribution is -2.49. The molecule has 2 fully saturated rings. The van der Waals surface area contributed by atoms with Gasteiger partial charge in [-0.2, -0.15) is 18.4 Å². The Labute approximate surface area is 484 Å². The second-order valence-corrected chi connectivity index (χ2v) is 25.0. The summed E-state index contributed by atoms with van der Waals surface area (Å²) in [6.45, 7) is 26.6. The number of benzene rings is 3. The summed E-state index contributed by atoms with van der Waals surface area (Å²) in [7, 11) is 0. The zero-order chi connectivity index (χ0) is 60.5. The Hall–Kier alpha value is -5.88. The zero-order valence-corrected chi connectivity index (χ0v) is 50.5. The van der Waals surface area contributed by atoms with Gasteiger partial charge < -0.3 is 28.4 Å². The summed E-state index contributed by atoms with van der Waals surface area (Å²) in [6.07, 6.45) is 0.0801. The summed E-state index contributed by atoms with van der Waals surface area (Å²) in [5, 5.41) is 10.3. The van der Waals surface area contributed by atoms with Gasteiger partial charge in [-0.25, -0.2) is 0 Å². The predicted octanol–water partition coefficient (Wildman–Crippen LogP) is 9.75. The number of likely N-dealkylation sites (tertiary alicyclic amines) is 1. The van der Waals surface area contributed by atoms with E-state index in [4.69, 9.17) is 28.4 Å². The Kier molecular flexibility index (Phi) is 24.6. The van der Waals surface area contributed by atoms with Gasteiger partial charge in [-0.15, -0.1) is 0 Å². The predicted molar refractivity (Wildman–Crippen MR) is 310 cm³/mol. The first-order chi connectivity index (χ1) is 38.3. The van der Waals surface area contributed by atoms with Gasteiger partial charge in [-0.05, 0) is 131 Å². The van der Waals surface area contributed by atoms with Crippen molar-refractivity contribution in [3.05, 3.63) is 88.5 Å². The number of halogens is 3. The first-order valence-corrected chi connectivity index (χ1v) is 28.6. The van der Waals surface area contributed by atoms with Crippen LogP contribution in [-0.2, 0) is 55.6 Å². The van der Waals surface area contributed by atoms with Crippen LogP contribution in [0.3, 0.4) is 0 Å². The number of esters is 4. The Morgan fingerprint density at radius 1 is 0.585 bits per heavy atom. The van der Waals surface area contributed by atoms with E-state index < -0.39 is 46.2 Å². The number of carbonyl (C=O) groups is 4. The molecular formula is C63H89F3N6O10. The maximum atomic E-state index is 15.2. The SMILES string of the molecule is CC(C)(C)OC(=O)CN1CCN(CCOCCOc2cc(/C=C/c3cccc(-c4ccccc4)c3C#N)c(C(F)(F)F)cc2CN2CCCC[C@H]2C(=O)OC(C)(C)C)CCN(CC(=O)OC(C)(C)C)CCN(CC(=O)OC(C)(C)C)CC1. The Morgan fingerprint density at radius 2 is 1.09 bits per heavy atom. The molecule has 5 rings (SSSR count). The molecule has 0 aromatic heterocycles. The number of nitriles is 1. The van der Waals surface area contributed by atoms with Crippen LogP contribution in [0.2, 0.25) is 0 Å². The molecule has 2 aliphatic rings. The molecule has 0 aliphatic carbocycles. The third-order valence-corrected chi connectivity index (χ3v) is 13.2. The van der Waals surface area contributed by atoms with Crippen LogP contribution >= 0.6 is 0 Å². The van der Waals surface area contributed by atoms with E-state index in [-0.39, 0.29) is 80.8 Å². The van der Waals surface area contributed by atoms with Crippen LogP contribution in [-0.4, -0.2) is 182 Å². The lowest BCUT2D eigenvalue weighted by molar-refractivity contribution is -0.163. The molecule has 82 heavy (non-hydrogen) atoms. The maximum absolute atomic E-state index is 15.2. The van der Waals surface area contributed by atoms with Gasteiger partial charge in [0.05, 0.1) is 44.0 Å². The Bertz CT molecular complexity index is 2600.